The van der Waals surface area contributed by atoms with Crippen LogP contribution in [0.1, 0.15) is 18.4 Å². The molecule has 2 aromatic rings. The highest BCUT2D eigenvalue weighted by Gasteiger charge is 2.26. The summed E-state index contributed by atoms with van der Waals surface area (Å²) in [7, 11) is 0. The number of aryl methyl sites for hydroxylation is 1. The van der Waals surface area contributed by atoms with Crippen LogP contribution in [-0.4, -0.2) is 41.3 Å². The maximum atomic E-state index is 12.5. The first kappa shape index (κ1) is 21.8. The molecule has 1 aromatic heterocycles. The Kier molecular flexibility index (Phi) is 7.35. The summed E-state index contributed by atoms with van der Waals surface area (Å²) in [6, 6.07) is 6.74. The summed E-state index contributed by atoms with van der Waals surface area (Å²) < 4.78 is 0. The fourth-order valence-corrected chi connectivity index (χ4v) is 3.79. The first-order valence-electron chi connectivity index (χ1n) is 9.22. The molecule has 0 aliphatic carbocycles. The average Bonchev–Trinajstić information content (AvgIpc) is 2.66. The number of halogens is 3. The van der Waals surface area contributed by atoms with E-state index in [0.29, 0.717) is 52.5 Å². The van der Waals surface area contributed by atoms with Crippen molar-refractivity contribution in [2.75, 3.05) is 30.3 Å². The second kappa shape index (κ2) is 9.76. The predicted octanol–water partition coefficient (Wildman–Crippen LogP) is 4.64. The van der Waals surface area contributed by atoms with Crippen LogP contribution in [0, 0.1) is 12.8 Å². The third kappa shape index (κ3) is 6.06. The number of rotatable bonds is 5. The van der Waals surface area contributed by atoms with Crippen molar-refractivity contribution >= 4 is 58.1 Å². The molecule has 2 N–H and O–H groups in total. The minimum Gasteiger partial charge on any atom is -0.324 e. The van der Waals surface area contributed by atoms with Gasteiger partial charge < -0.3 is 10.6 Å². The Bertz CT molecular complexity index is 915. The Hall–Kier alpha value is -1.86. The quantitative estimate of drug-likeness (QED) is 0.644. The Morgan fingerprint density at radius 2 is 1.76 bits per heavy atom. The van der Waals surface area contributed by atoms with E-state index in [0.717, 1.165) is 5.56 Å². The number of pyridine rings is 1. The summed E-state index contributed by atoms with van der Waals surface area (Å²) in [6.45, 7) is 3.47. The van der Waals surface area contributed by atoms with Crippen molar-refractivity contribution in [3.8, 4) is 0 Å². The molecule has 1 aliphatic rings. The van der Waals surface area contributed by atoms with E-state index < -0.39 is 0 Å². The fraction of sp³-hybridized carbons (Fsp3) is 0.350. The van der Waals surface area contributed by atoms with Crippen molar-refractivity contribution in [2.24, 2.45) is 5.92 Å². The van der Waals surface area contributed by atoms with Crippen LogP contribution in [0.2, 0.25) is 15.1 Å². The van der Waals surface area contributed by atoms with Gasteiger partial charge in [-0.15, -0.1) is 0 Å². The number of carbonyl (C=O) groups excluding carboxylic acids is 2. The second-order valence-corrected chi connectivity index (χ2v) is 8.27. The Labute approximate surface area is 184 Å². The van der Waals surface area contributed by atoms with E-state index in [2.05, 4.69) is 15.6 Å². The minimum absolute atomic E-state index is 0.0326. The fourth-order valence-electron chi connectivity index (χ4n) is 3.20. The molecule has 2 heterocycles. The number of piperidine rings is 1. The number of carbonyl (C=O) groups is 2. The lowest BCUT2D eigenvalue weighted by Gasteiger charge is -2.30. The lowest BCUT2D eigenvalue weighted by Crippen LogP contribution is -2.41. The molecule has 0 bridgehead atoms. The van der Waals surface area contributed by atoms with E-state index in [1.165, 1.54) is 12.1 Å². The largest absolute Gasteiger partial charge is 0.324 e. The van der Waals surface area contributed by atoms with E-state index in [1.54, 1.807) is 6.20 Å². The van der Waals surface area contributed by atoms with Gasteiger partial charge in [0, 0.05) is 12.1 Å². The molecule has 3 rings (SSSR count). The van der Waals surface area contributed by atoms with Crippen LogP contribution in [0.4, 0.5) is 11.5 Å². The number of nitrogens with one attached hydrogen (secondary N) is 2. The molecular formula is C20H21Cl3N4O2. The number of amides is 2. The molecule has 154 valence electrons. The van der Waals surface area contributed by atoms with Crippen molar-refractivity contribution in [1.29, 1.82) is 0 Å². The SMILES string of the molecule is Cc1ccnc(NC(=O)C2CCN(CC(=O)Nc3cc(Cl)c(Cl)cc3Cl)CC2)c1. The van der Waals surface area contributed by atoms with Gasteiger partial charge in [0.15, 0.2) is 0 Å². The first-order valence-corrected chi connectivity index (χ1v) is 10.4. The number of hydrogen-bond acceptors (Lipinski definition) is 4. The van der Waals surface area contributed by atoms with Crippen LogP contribution in [0.25, 0.3) is 0 Å². The summed E-state index contributed by atoms with van der Waals surface area (Å²) in [5, 5.41) is 6.60. The van der Waals surface area contributed by atoms with Gasteiger partial charge in [-0.1, -0.05) is 34.8 Å². The molecule has 0 atom stereocenters. The van der Waals surface area contributed by atoms with Crippen molar-refractivity contribution in [3.05, 3.63) is 51.1 Å². The highest BCUT2D eigenvalue weighted by molar-refractivity contribution is 6.44. The van der Waals surface area contributed by atoms with Gasteiger partial charge in [0.25, 0.3) is 0 Å². The van der Waals surface area contributed by atoms with Gasteiger partial charge in [0.2, 0.25) is 11.8 Å². The summed E-state index contributed by atoms with van der Waals surface area (Å²) >= 11 is 18.0. The number of nitrogens with zero attached hydrogens (tertiary/aromatic N) is 2. The topological polar surface area (TPSA) is 74.3 Å². The third-order valence-electron chi connectivity index (χ3n) is 4.78. The Morgan fingerprint density at radius 1 is 1.07 bits per heavy atom. The van der Waals surface area contributed by atoms with Crippen molar-refractivity contribution in [3.63, 3.8) is 0 Å². The smallest absolute Gasteiger partial charge is 0.238 e. The van der Waals surface area contributed by atoms with Crippen LogP contribution >= 0.6 is 34.8 Å². The lowest BCUT2D eigenvalue weighted by atomic mass is 9.96. The van der Waals surface area contributed by atoms with Crippen LogP contribution in [0.15, 0.2) is 30.5 Å². The van der Waals surface area contributed by atoms with E-state index >= 15 is 0 Å². The van der Waals surface area contributed by atoms with E-state index in [9.17, 15) is 9.59 Å². The summed E-state index contributed by atoms with van der Waals surface area (Å²) in [6.07, 6.45) is 3.03. The minimum atomic E-state index is -0.197. The number of anilines is 2. The highest BCUT2D eigenvalue weighted by atomic mass is 35.5. The molecule has 29 heavy (non-hydrogen) atoms. The first-order chi connectivity index (χ1) is 13.8. The molecule has 1 saturated heterocycles. The second-order valence-electron chi connectivity index (χ2n) is 7.05. The molecule has 9 heteroatoms. The van der Waals surface area contributed by atoms with E-state index in [-0.39, 0.29) is 24.3 Å². The van der Waals surface area contributed by atoms with Crippen LogP contribution in [0.3, 0.4) is 0 Å². The van der Waals surface area contributed by atoms with Gasteiger partial charge in [-0.25, -0.2) is 4.98 Å². The van der Waals surface area contributed by atoms with Crippen LogP contribution in [-0.2, 0) is 9.59 Å². The lowest BCUT2D eigenvalue weighted by molar-refractivity contribution is -0.121. The maximum absolute atomic E-state index is 12.5. The number of hydrogen-bond donors (Lipinski definition) is 2. The van der Waals surface area contributed by atoms with Gasteiger partial charge in [-0.05, 0) is 62.7 Å². The number of benzene rings is 1. The molecule has 0 unspecified atom stereocenters. The van der Waals surface area contributed by atoms with E-state index in [1.807, 2.05) is 24.0 Å². The van der Waals surface area contributed by atoms with Crippen molar-refractivity contribution in [1.82, 2.24) is 9.88 Å². The maximum Gasteiger partial charge on any atom is 0.238 e. The molecule has 0 radical (unpaired) electrons. The van der Waals surface area contributed by atoms with E-state index in [4.69, 9.17) is 34.8 Å². The van der Waals surface area contributed by atoms with Gasteiger partial charge in [0.1, 0.15) is 5.82 Å². The molecule has 0 spiro atoms. The molecule has 1 aliphatic heterocycles. The van der Waals surface area contributed by atoms with Gasteiger partial charge in [-0.3, -0.25) is 14.5 Å². The van der Waals surface area contributed by atoms with Gasteiger partial charge in [0.05, 0.1) is 27.3 Å². The van der Waals surface area contributed by atoms with Crippen molar-refractivity contribution in [2.45, 2.75) is 19.8 Å². The summed E-state index contributed by atoms with van der Waals surface area (Å²) in [5.41, 5.74) is 1.46. The molecule has 1 fully saturated rings. The number of aromatic nitrogens is 1. The molecular weight excluding hydrogens is 435 g/mol. The number of likely N-dealkylation sites (tertiary alicyclic amines) is 1. The van der Waals surface area contributed by atoms with Crippen molar-refractivity contribution < 1.29 is 9.59 Å². The standard InChI is InChI=1S/C20H21Cl3N4O2/c1-12-2-5-24-18(8-12)26-20(29)13-3-6-27(7-4-13)11-19(28)25-17-10-15(22)14(21)9-16(17)23/h2,5,8-10,13H,3-4,6-7,11H2,1H3,(H,25,28)(H,24,26,29). The van der Waals surface area contributed by atoms with Gasteiger partial charge >= 0.3 is 0 Å². The van der Waals surface area contributed by atoms with Crippen LogP contribution in [0.5, 0.6) is 0 Å². The molecule has 0 saturated carbocycles. The Balaban J connectivity index is 1.47. The highest BCUT2D eigenvalue weighted by Crippen LogP contribution is 2.32. The summed E-state index contributed by atoms with van der Waals surface area (Å²) in [4.78, 5) is 31.0. The van der Waals surface area contributed by atoms with Crippen LogP contribution < -0.4 is 10.6 Å². The molecule has 6 nitrogen and oxygen atoms in total. The zero-order chi connectivity index (χ0) is 21.0. The summed E-state index contributed by atoms with van der Waals surface area (Å²) in [5.74, 6) is 0.239. The third-order valence-corrected chi connectivity index (χ3v) is 5.81. The zero-order valence-corrected chi connectivity index (χ0v) is 18.1. The monoisotopic (exact) mass is 454 g/mol. The predicted molar refractivity (Wildman–Crippen MR) is 117 cm³/mol. The van der Waals surface area contributed by atoms with Gasteiger partial charge in [-0.2, -0.15) is 0 Å². The molecule has 2 amide bonds. The average molecular weight is 456 g/mol. The normalized spacial score (nSPS) is 15.2. The zero-order valence-electron chi connectivity index (χ0n) is 15.8. The Morgan fingerprint density at radius 3 is 2.45 bits per heavy atom. The molecule has 1 aromatic carbocycles.